The summed E-state index contributed by atoms with van der Waals surface area (Å²) in [5.74, 6) is -0.372. The van der Waals surface area contributed by atoms with Crippen molar-refractivity contribution in [1.82, 2.24) is 5.32 Å². The standard InChI is InChI=1S/C29H30ClN3O/c1-2-3-10-22-26(21-11-6-7-12-25(21)30)23-17-19-8-4-5-9-20(19)18-24(23)28(27(22)29(31)34)33-15-13-32-14-16-33/h4-9,11-12,17-18,32H,2-3,10,13-16H2,1H3,(H2,31,34). The summed E-state index contributed by atoms with van der Waals surface area (Å²) in [6, 6.07) is 20.8. The highest BCUT2D eigenvalue weighted by atomic mass is 35.5. The summed E-state index contributed by atoms with van der Waals surface area (Å²) in [5, 5.41) is 8.61. The van der Waals surface area contributed by atoms with Gasteiger partial charge in [0.25, 0.3) is 5.91 Å². The van der Waals surface area contributed by atoms with Crippen LogP contribution < -0.4 is 16.0 Å². The molecule has 4 aromatic carbocycles. The van der Waals surface area contributed by atoms with E-state index in [1.165, 1.54) is 5.39 Å². The van der Waals surface area contributed by atoms with Crippen LogP contribution in [0.3, 0.4) is 0 Å². The lowest BCUT2D eigenvalue weighted by atomic mass is 9.84. The maximum absolute atomic E-state index is 13.2. The van der Waals surface area contributed by atoms with Gasteiger partial charge in [-0.15, -0.1) is 0 Å². The molecule has 1 aliphatic rings. The van der Waals surface area contributed by atoms with Crippen molar-refractivity contribution in [2.75, 3.05) is 31.1 Å². The van der Waals surface area contributed by atoms with E-state index in [0.717, 1.165) is 84.0 Å². The molecule has 0 radical (unpaired) electrons. The summed E-state index contributed by atoms with van der Waals surface area (Å²) in [5.41, 5.74) is 10.8. The molecule has 34 heavy (non-hydrogen) atoms. The van der Waals surface area contributed by atoms with Crippen LogP contribution in [0, 0.1) is 0 Å². The number of piperazine rings is 1. The van der Waals surface area contributed by atoms with Gasteiger partial charge in [-0.3, -0.25) is 4.79 Å². The number of nitrogens with two attached hydrogens (primary N) is 1. The second-order valence-corrected chi connectivity index (χ2v) is 9.41. The van der Waals surface area contributed by atoms with E-state index >= 15 is 0 Å². The van der Waals surface area contributed by atoms with Crippen molar-refractivity contribution >= 4 is 44.7 Å². The summed E-state index contributed by atoms with van der Waals surface area (Å²) in [4.78, 5) is 15.5. The third kappa shape index (κ3) is 4.02. The maximum Gasteiger partial charge on any atom is 0.251 e. The number of unbranched alkanes of at least 4 members (excludes halogenated alkanes) is 1. The molecule has 174 valence electrons. The Morgan fingerprint density at radius 2 is 1.65 bits per heavy atom. The van der Waals surface area contributed by atoms with Crippen molar-refractivity contribution in [1.29, 1.82) is 0 Å². The zero-order valence-corrected chi connectivity index (χ0v) is 20.3. The van der Waals surface area contributed by atoms with Crippen LogP contribution in [0.5, 0.6) is 0 Å². The number of halogens is 1. The van der Waals surface area contributed by atoms with Crippen LogP contribution in [0.25, 0.3) is 32.7 Å². The van der Waals surface area contributed by atoms with Gasteiger partial charge in [0.2, 0.25) is 0 Å². The molecule has 0 atom stereocenters. The smallest absolute Gasteiger partial charge is 0.251 e. The number of hydrogen-bond donors (Lipinski definition) is 2. The third-order valence-electron chi connectivity index (χ3n) is 6.85. The second kappa shape index (κ2) is 9.65. The highest BCUT2D eigenvalue weighted by Crippen LogP contribution is 2.45. The fraction of sp³-hybridized carbons (Fsp3) is 0.276. The average Bonchev–Trinajstić information content (AvgIpc) is 2.86. The number of benzene rings is 4. The predicted octanol–water partition coefficient (Wildman–Crippen LogP) is 6.16. The van der Waals surface area contributed by atoms with Crippen molar-refractivity contribution in [3.05, 3.63) is 76.8 Å². The number of fused-ring (bicyclic) bond motifs is 2. The SMILES string of the molecule is CCCCc1c(C(N)=O)c(N2CCNCC2)c2cc3ccccc3cc2c1-c1ccccc1Cl. The molecule has 5 rings (SSSR count). The number of carbonyl (C=O) groups excluding carboxylic acids is 1. The quantitative estimate of drug-likeness (QED) is 0.331. The van der Waals surface area contributed by atoms with Gasteiger partial charge in [0.05, 0.1) is 11.3 Å². The Balaban J connectivity index is 1.98. The maximum atomic E-state index is 13.2. The first-order chi connectivity index (χ1) is 16.6. The minimum atomic E-state index is -0.372. The van der Waals surface area contributed by atoms with Crippen LogP contribution in [0.2, 0.25) is 5.02 Å². The molecule has 0 spiro atoms. The van der Waals surface area contributed by atoms with E-state index in [1.807, 2.05) is 18.2 Å². The minimum Gasteiger partial charge on any atom is -0.368 e. The number of rotatable bonds is 6. The lowest BCUT2D eigenvalue weighted by Crippen LogP contribution is -2.44. The second-order valence-electron chi connectivity index (χ2n) is 9.01. The Labute approximate surface area is 205 Å². The topological polar surface area (TPSA) is 58.4 Å². The molecule has 0 unspecified atom stereocenters. The fourth-order valence-corrected chi connectivity index (χ4v) is 5.50. The van der Waals surface area contributed by atoms with Gasteiger partial charge in [0.1, 0.15) is 0 Å². The van der Waals surface area contributed by atoms with Crippen LogP contribution in [-0.4, -0.2) is 32.1 Å². The first-order valence-corrected chi connectivity index (χ1v) is 12.5. The molecule has 0 bridgehead atoms. The average molecular weight is 472 g/mol. The molecule has 1 aliphatic heterocycles. The number of hydrogen-bond acceptors (Lipinski definition) is 3. The van der Waals surface area contributed by atoms with E-state index in [0.29, 0.717) is 10.6 Å². The van der Waals surface area contributed by atoms with Gasteiger partial charge >= 0.3 is 0 Å². The Morgan fingerprint density at radius 3 is 2.29 bits per heavy atom. The molecule has 5 heteroatoms. The van der Waals surface area contributed by atoms with Gasteiger partial charge in [0, 0.05) is 42.2 Å². The van der Waals surface area contributed by atoms with E-state index in [-0.39, 0.29) is 5.91 Å². The van der Waals surface area contributed by atoms with Crippen molar-refractivity contribution in [3.63, 3.8) is 0 Å². The van der Waals surface area contributed by atoms with Crippen LogP contribution >= 0.6 is 11.6 Å². The molecule has 0 aliphatic carbocycles. The number of carbonyl (C=O) groups is 1. The number of anilines is 1. The van der Waals surface area contributed by atoms with Crippen molar-refractivity contribution in [3.8, 4) is 11.1 Å². The van der Waals surface area contributed by atoms with Gasteiger partial charge in [-0.2, -0.15) is 0 Å². The molecule has 1 saturated heterocycles. The zero-order chi connectivity index (χ0) is 23.7. The molecule has 3 N–H and O–H groups in total. The Hall–Kier alpha value is -3.08. The van der Waals surface area contributed by atoms with Gasteiger partial charge < -0.3 is 16.0 Å². The van der Waals surface area contributed by atoms with E-state index in [9.17, 15) is 4.79 Å². The van der Waals surface area contributed by atoms with E-state index in [1.54, 1.807) is 0 Å². The van der Waals surface area contributed by atoms with Gasteiger partial charge in [-0.05, 0) is 58.3 Å². The Bertz CT molecular complexity index is 1380. The molecule has 1 heterocycles. The lowest BCUT2D eigenvalue weighted by molar-refractivity contribution is 0.1000. The number of nitrogens with one attached hydrogen (secondary N) is 1. The largest absolute Gasteiger partial charge is 0.368 e. The zero-order valence-electron chi connectivity index (χ0n) is 19.5. The summed E-state index contributed by atoms with van der Waals surface area (Å²) < 4.78 is 0. The normalized spacial score (nSPS) is 14.1. The van der Waals surface area contributed by atoms with Crippen LogP contribution in [0.1, 0.15) is 35.7 Å². The molecule has 4 aromatic rings. The highest BCUT2D eigenvalue weighted by molar-refractivity contribution is 6.34. The fourth-order valence-electron chi connectivity index (χ4n) is 5.27. The molecule has 1 fully saturated rings. The lowest BCUT2D eigenvalue weighted by Gasteiger charge is -2.34. The summed E-state index contributed by atoms with van der Waals surface area (Å²) >= 11 is 6.77. The van der Waals surface area contributed by atoms with E-state index < -0.39 is 0 Å². The first kappa shape index (κ1) is 22.7. The van der Waals surface area contributed by atoms with E-state index in [2.05, 4.69) is 59.6 Å². The van der Waals surface area contributed by atoms with Gasteiger partial charge in [0.15, 0.2) is 0 Å². The van der Waals surface area contributed by atoms with Gasteiger partial charge in [-0.1, -0.05) is 67.4 Å². The summed E-state index contributed by atoms with van der Waals surface area (Å²) in [6.07, 6.45) is 2.77. The third-order valence-corrected chi connectivity index (χ3v) is 7.18. The van der Waals surface area contributed by atoms with Crippen LogP contribution in [0.15, 0.2) is 60.7 Å². The molecule has 4 nitrogen and oxygen atoms in total. The van der Waals surface area contributed by atoms with Crippen molar-refractivity contribution in [2.24, 2.45) is 5.73 Å². The first-order valence-electron chi connectivity index (χ1n) is 12.1. The molecular weight excluding hydrogens is 442 g/mol. The Morgan fingerprint density at radius 1 is 1.00 bits per heavy atom. The molecule has 1 amide bonds. The minimum absolute atomic E-state index is 0.372. The Kier molecular flexibility index (Phi) is 6.44. The molecule has 0 aromatic heterocycles. The number of nitrogens with zero attached hydrogens (tertiary/aromatic N) is 1. The van der Waals surface area contributed by atoms with Gasteiger partial charge in [-0.25, -0.2) is 0 Å². The monoisotopic (exact) mass is 471 g/mol. The van der Waals surface area contributed by atoms with E-state index in [4.69, 9.17) is 17.3 Å². The number of amides is 1. The van der Waals surface area contributed by atoms with Crippen LogP contribution in [-0.2, 0) is 6.42 Å². The van der Waals surface area contributed by atoms with Crippen molar-refractivity contribution in [2.45, 2.75) is 26.2 Å². The summed E-state index contributed by atoms with van der Waals surface area (Å²) in [6.45, 7) is 5.60. The molecule has 0 saturated carbocycles. The highest BCUT2D eigenvalue weighted by Gasteiger charge is 2.28. The van der Waals surface area contributed by atoms with Crippen LogP contribution in [0.4, 0.5) is 5.69 Å². The number of primary amides is 1. The van der Waals surface area contributed by atoms with Crippen molar-refractivity contribution < 1.29 is 4.79 Å². The predicted molar refractivity (Wildman–Crippen MR) is 144 cm³/mol. The molecular formula is C29H30ClN3O. The summed E-state index contributed by atoms with van der Waals surface area (Å²) in [7, 11) is 0.